The molecule has 0 amide bonds. The number of para-hydroxylation sites is 1. The van der Waals surface area contributed by atoms with Gasteiger partial charge in [0.15, 0.2) is 0 Å². The number of halogens is 1. The zero-order valence-electron chi connectivity index (χ0n) is 11.2. The Morgan fingerprint density at radius 1 is 1.16 bits per heavy atom. The molecule has 2 nitrogen and oxygen atoms in total. The van der Waals surface area contributed by atoms with Crippen molar-refractivity contribution in [2.24, 2.45) is 0 Å². The number of ether oxygens (including phenoxy) is 1. The fourth-order valence-corrected chi connectivity index (χ4v) is 2.51. The van der Waals surface area contributed by atoms with Crippen LogP contribution in [0.3, 0.4) is 0 Å². The van der Waals surface area contributed by atoms with E-state index in [2.05, 4.69) is 46.4 Å². The predicted octanol–water partition coefficient (Wildman–Crippen LogP) is 4.50. The molecule has 0 aliphatic carbocycles. The van der Waals surface area contributed by atoms with Crippen molar-refractivity contribution in [2.75, 3.05) is 12.4 Å². The molecule has 0 radical (unpaired) electrons. The van der Waals surface area contributed by atoms with Crippen LogP contribution in [0.4, 0.5) is 5.69 Å². The van der Waals surface area contributed by atoms with E-state index in [0.717, 1.165) is 22.3 Å². The lowest BCUT2D eigenvalue weighted by atomic mass is 10.1. The molecule has 0 saturated heterocycles. The summed E-state index contributed by atoms with van der Waals surface area (Å²) in [6, 6.07) is 16.7. The van der Waals surface area contributed by atoms with E-state index in [9.17, 15) is 0 Å². The molecular weight excluding hydrogens is 302 g/mol. The summed E-state index contributed by atoms with van der Waals surface area (Å²) in [5.74, 6) is 0.949. The van der Waals surface area contributed by atoms with E-state index in [1.807, 2.05) is 30.3 Å². The Kier molecular flexibility index (Phi) is 4.86. The summed E-state index contributed by atoms with van der Waals surface area (Å²) < 4.78 is 6.47. The molecule has 19 heavy (non-hydrogen) atoms. The number of nitrogens with one attached hydrogen (secondary N) is 1. The van der Waals surface area contributed by atoms with Crippen molar-refractivity contribution in [3.63, 3.8) is 0 Å². The van der Waals surface area contributed by atoms with Gasteiger partial charge >= 0.3 is 0 Å². The molecule has 2 rings (SSSR count). The Morgan fingerprint density at radius 2 is 1.95 bits per heavy atom. The fourth-order valence-electron chi connectivity index (χ4n) is 2.12. The Hall–Kier alpha value is -1.48. The monoisotopic (exact) mass is 319 g/mol. The maximum Gasteiger partial charge on any atom is 0.122 e. The maximum atomic E-state index is 5.38. The number of hydrogen-bond donors (Lipinski definition) is 1. The van der Waals surface area contributed by atoms with Crippen LogP contribution in [-0.2, 0) is 6.42 Å². The van der Waals surface area contributed by atoms with E-state index in [0.29, 0.717) is 6.04 Å². The molecule has 0 aliphatic rings. The zero-order valence-corrected chi connectivity index (χ0v) is 12.8. The molecule has 0 bridgehead atoms. The average molecular weight is 320 g/mol. The van der Waals surface area contributed by atoms with Crippen LogP contribution in [0.5, 0.6) is 5.75 Å². The van der Waals surface area contributed by atoms with Crippen LogP contribution in [0, 0.1) is 0 Å². The van der Waals surface area contributed by atoms with Crippen LogP contribution in [0.2, 0.25) is 0 Å². The van der Waals surface area contributed by atoms with Gasteiger partial charge in [0.25, 0.3) is 0 Å². The maximum absolute atomic E-state index is 5.38. The molecule has 0 spiro atoms. The standard InChI is InChI=1S/C16H18BrNO/c1-12(18-15-8-5-7-14(17)11-15)10-13-6-3-4-9-16(13)19-2/h3-9,11-12,18H,10H2,1-2H3. The zero-order chi connectivity index (χ0) is 13.7. The van der Waals surface area contributed by atoms with Crippen LogP contribution in [0.1, 0.15) is 12.5 Å². The highest BCUT2D eigenvalue weighted by Crippen LogP contribution is 2.21. The quantitative estimate of drug-likeness (QED) is 0.876. The molecule has 0 aromatic heterocycles. The van der Waals surface area contributed by atoms with E-state index >= 15 is 0 Å². The number of anilines is 1. The first-order valence-corrected chi connectivity index (χ1v) is 7.12. The van der Waals surface area contributed by atoms with E-state index in [4.69, 9.17) is 4.74 Å². The lowest BCUT2D eigenvalue weighted by molar-refractivity contribution is 0.409. The Morgan fingerprint density at radius 3 is 2.68 bits per heavy atom. The molecule has 3 heteroatoms. The highest BCUT2D eigenvalue weighted by atomic mass is 79.9. The van der Waals surface area contributed by atoms with Gasteiger partial charge in [0.2, 0.25) is 0 Å². The summed E-state index contributed by atoms with van der Waals surface area (Å²) in [5, 5.41) is 3.50. The second-order valence-electron chi connectivity index (χ2n) is 4.57. The molecule has 0 fully saturated rings. The highest BCUT2D eigenvalue weighted by molar-refractivity contribution is 9.10. The first kappa shape index (κ1) is 13.9. The van der Waals surface area contributed by atoms with Gasteiger partial charge in [-0.15, -0.1) is 0 Å². The van der Waals surface area contributed by atoms with Gasteiger partial charge in [-0.2, -0.15) is 0 Å². The van der Waals surface area contributed by atoms with Gasteiger partial charge in [-0.25, -0.2) is 0 Å². The minimum absolute atomic E-state index is 0.339. The molecule has 0 heterocycles. The van der Waals surface area contributed by atoms with E-state index in [1.54, 1.807) is 7.11 Å². The Balaban J connectivity index is 2.03. The lowest BCUT2D eigenvalue weighted by Crippen LogP contribution is -2.18. The molecule has 2 aromatic carbocycles. The molecular formula is C16H18BrNO. The number of hydrogen-bond acceptors (Lipinski definition) is 2. The fraction of sp³-hybridized carbons (Fsp3) is 0.250. The average Bonchev–Trinajstić information content (AvgIpc) is 2.39. The van der Waals surface area contributed by atoms with E-state index in [-0.39, 0.29) is 0 Å². The van der Waals surface area contributed by atoms with Crippen LogP contribution < -0.4 is 10.1 Å². The summed E-state index contributed by atoms with van der Waals surface area (Å²) >= 11 is 3.48. The second-order valence-corrected chi connectivity index (χ2v) is 5.49. The van der Waals surface area contributed by atoms with Gasteiger partial charge < -0.3 is 10.1 Å². The van der Waals surface area contributed by atoms with Crippen LogP contribution in [-0.4, -0.2) is 13.2 Å². The first-order valence-electron chi connectivity index (χ1n) is 6.33. The topological polar surface area (TPSA) is 21.3 Å². The van der Waals surface area contributed by atoms with Gasteiger partial charge in [0, 0.05) is 16.2 Å². The van der Waals surface area contributed by atoms with Crippen molar-refractivity contribution in [1.82, 2.24) is 0 Å². The number of methoxy groups -OCH3 is 1. The molecule has 0 aliphatic heterocycles. The van der Waals surface area contributed by atoms with Gasteiger partial charge in [0.05, 0.1) is 7.11 Å². The minimum Gasteiger partial charge on any atom is -0.496 e. The second kappa shape index (κ2) is 6.62. The van der Waals surface area contributed by atoms with Gasteiger partial charge in [-0.05, 0) is 43.2 Å². The summed E-state index contributed by atoms with van der Waals surface area (Å²) in [4.78, 5) is 0. The van der Waals surface area contributed by atoms with Gasteiger partial charge in [-0.3, -0.25) is 0 Å². The van der Waals surface area contributed by atoms with Crippen molar-refractivity contribution in [3.05, 3.63) is 58.6 Å². The normalized spacial score (nSPS) is 11.9. The largest absolute Gasteiger partial charge is 0.496 e. The third kappa shape index (κ3) is 4.00. The minimum atomic E-state index is 0.339. The third-order valence-electron chi connectivity index (χ3n) is 2.96. The van der Waals surface area contributed by atoms with Crippen LogP contribution in [0.25, 0.3) is 0 Å². The smallest absolute Gasteiger partial charge is 0.122 e. The number of benzene rings is 2. The van der Waals surface area contributed by atoms with Crippen molar-refractivity contribution < 1.29 is 4.74 Å². The summed E-state index contributed by atoms with van der Waals surface area (Å²) in [6.07, 6.45) is 0.927. The Labute approximate surface area is 122 Å². The van der Waals surface area contributed by atoms with Crippen molar-refractivity contribution in [2.45, 2.75) is 19.4 Å². The van der Waals surface area contributed by atoms with Gasteiger partial charge in [0.1, 0.15) is 5.75 Å². The van der Waals surface area contributed by atoms with E-state index in [1.165, 1.54) is 5.56 Å². The van der Waals surface area contributed by atoms with Crippen molar-refractivity contribution >= 4 is 21.6 Å². The summed E-state index contributed by atoms with van der Waals surface area (Å²) in [6.45, 7) is 2.17. The molecule has 1 unspecified atom stereocenters. The predicted molar refractivity (Wildman–Crippen MR) is 83.9 cm³/mol. The Bertz CT molecular complexity index is 542. The number of rotatable bonds is 5. The van der Waals surface area contributed by atoms with Crippen LogP contribution in [0.15, 0.2) is 53.0 Å². The van der Waals surface area contributed by atoms with Crippen molar-refractivity contribution in [1.29, 1.82) is 0 Å². The van der Waals surface area contributed by atoms with Crippen LogP contribution >= 0.6 is 15.9 Å². The third-order valence-corrected chi connectivity index (χ3v) is 3.45. The van der Waals surface area contributed by atoms with E-state index < -0.39 is 0 Å². The molecule has 2 aromatic rings. The van der Waals surface area contributed by atoms with Crippen molar-refractivity contribution in [3.8, 4) is 5.75 Å². The molecule has 1 atom stereocenters. The molecule has 1 N–H and O–H groups in total. The molecule has 100 valence electrons. The lowest BCUT2D eigenvalue weighted by Gasteiger charge is -2.17. The molecule has 0 saturated carbocycles. The summed E-state index contributed by atoms with van der Waals surface area (Å²) in [7, 11) is 1.71. The summed E-state index contributed by atoms with van der Waals surface area (Å²) in [5.41, 5.74) is 2.34. The van der Waals surface area contributed by atoms with Gasteiger partial charge in [-0.1, -0.05) is 40.2 Å². The SMILES string of the molecule is COc1ccccc1CC(C)Nc1cccc(Br)c1. The first-order chi connectivity index (χ1) is 9.19. The highest BCUT2D eigenvalue weighted by Gasteiger charge is 2.07.